The highest BCUT2D eigenvalue weighted by atomic mass is 15.0. The zero-order valence-corrected chi connectivity index (χ0v) is 10.2. The minimum absolute atomic E-state index is 0.211. The van der Waals surface area contributed by atoms with Crippen molar-refractivity contribution in [2.45, 2.75) is 47.1 Å². The molecule has 0 fully saturated rings. The summed E-state index contributed by atoms with van der Waals surface area (Å²) in [6.45, 7) is 13.2. The van der Waals surface area contributed by atoms with Crippen molar-refractivity contribution in [2.75, 3.05) is 7.05 Å². The molecule has 0 radical (unpaired) electrons. The Kier molecular flexibility index (Phi) is 3.89. The fourth-order valence-electron chi connectivity index (χ4n) is 0.684. The minimum atomic E-state index is 0.211. The van der Waals surface area contributed by atoms with Gasteiger partial charge in [-0.2, -0.15) is 0 Å². The summed E-state index contributed by atoms with van der Waals surface area (Å²) in [5.74, 6) is 0. The first-order valence-electron chi connectivity index (χ1n) is 4.88. The van der Waals surface area contributed by atoms with Crippen LogP contribution in [0.25, 0.3) is 0 Å². The van der Waals surface area contributed by atoms with Gasteiger partial charge in [-0.05, 0) is 32.3 Å². The van der Waals surface area contributed by atoms with E-state index < -0.39 is 0 Å². The molecule has 0 heterocycles. The Morgan fingerprint density at radius 2 is 1.38 bits per heavy atom. The Labute approximate surface area is 83.2 Å². The fraction of sp³-hybridized carbons (Fsp3) is 0.750. The van der Waals surface area contributed by atoms with Crippen molar-refractivity contribution >= 4 is 6.21 Å². The van der Waals surface area contributed by atoms with E-state index in [1.165, 1.54) is 0 Å². The van der Waals surface area contributed by atoms with E-state index in [0.29, 0.717) is 0 Å². The highest BCUT2D eigenvalue weighted by Crippen LogP contribution is 2.13. The second-order valence-corrected chi connectivity index (χ2v) is 5.66. The number of rotatable bonds is 1. The Hall–Kier alpha value is -0.590. The molecule has 0 aliphatic carbocycles. The van der Waals surface area contributed by atoms with Crippen molar-refractivity contribution < 1.29 is 4.58 Å². The van der Waals surface area contributed by atoms with Crippen LogP contribution >= 0.6 is 0 Å². The van der Waals surface area contributed by atoms with E-state index in [2.05, 4.69) is 71.5 Å². The molecule has 0 aliphatic rings. The van der Waals surface area contributed by atoms with Crippen LogP contribution in [0.4, 0.5) is 0 Å². The normalized spacial score (nSPS) is 15.5. The van der Waals surface area contributed by atoms with Gasteiger partial charge < -0.3 is 0 Å². The van der Waals surface area contributed by atoms with E-state index in [9.17, 15) is 0 Å². The molecule has 0 aromatic rings. The number of hydrogen-bond acceptors (Lipinski definition) is 0. The van der Waals surface area contributed by atoms with Crippen LogP contribution in [0.2, 0.25) is 0 Å². The second-order valence-electron chi connectivity index (χ2n) is 5.66. The van der Waals surface area contributed by atoms with E-state index in [-0.39, 0.29) is 11.0 Å². The van der Waals surface area contributed by atoms with E-state index in [4.69, 9.17) is 0 Å². The molecule has 0 bridgehead atoms. The fourth-order valence-corrected chi connectivity index (χ4v) is 0.684. The van der Waals surface area contributed by atoms with Gasteiger partial charge in [-0.25, -0.2) is 4.58 Å². The lowest BCUT2D eigenvalue weighted by Crippen LogP contribution is -2.30. The summed E-state index contributed by atoms with van der Waals surface area (Å²) in [7, 11) is 2.10. The second kappa shape index (κ2) is 4.08. The van der Waals surface area contributed by atoms with Gasteiger partial charge in [-0.3, -0.25) is 0 Å². The summed E-state index contributed by atoms with van der Waals surface area (Å²) in [6, 6.07) is 0. The van der Waals surface area contributed by atoms with Crippen LogP contribution in [0.15, 0.2) is 12.2 Å². The summed E-state index contributed by atoms with van der Waals surface area (Å²) < 4.78 is 2.22. The molecule has 0 aromatic carbocycles. The summed E-state index contributed by atoms with van der Waals surface area (Å²) in [5.41, 5.74) is 0.484. The third kappa shape index (κ3) is 6.56. The van der Waals surface area contributed by atoms with Gasteiger partial charge in [0.15, 0.2) is 11.8 Å². The summed E-state index contributed by atoms with van der Waals surface area (Å²) in [5, 5.41) is 0. The molecule has 1 nitrogen and oxygen atoms in total. The zero-order valence-electron chi connectivity index (χ0n) is 10.2. The molecule has 76 valence electrons. The largest absolute Gasteiger partial charge is 0.234 e. The molecule has 13 heavy (non-hydrogen) atoms. The maximum atomic E-state index is 2.22. The third-order valence-electron chi connectivity index (χ3n) is 1.96. The predicted molar refractivity (Wildman–Crippen MR) is 60.6 cm³/mol. The van der Waals surface area contributed by atoms with E-state index in [1.54, 1.807) is 0 Å². The molecule has 0 saturated heterocycles. The van der Waals surface area contributed by atoms with Crippen molar-refractivity contribution in [1.29, 1.82) is 0 Å². The molecule has 0 unspecified atom stereocenters. The number of allylic oxidation sites excluding steroid dienone is 2. The Balaban J connectivity index is 4.37. The van der Waals surface area contributed by atoms with Crippen LogP contribution in [0.1, 0.15) is 41.5 Å². The van der Waals surface area contributed by atoms with Crippen LogP contribution in [-0.2, 0) is 0 Å². The van der Waals surface area contributed by atoms with Gasteiger partial charge in [0, 0.05) is 0 Å². The SMILES string of the molecule is C[N+](=C/C=C\C(C)(C)C)C(C)(C)C. The van der Waals surface area contributed by atoms with Crippen molar-refractivity contribution in [3.63, 3.8) is 0 Å². The van der Waals surface area contributed by atoms with Gasteiger partial charge in [0.1, 0.15) is 7.05 Å². The smallest absolute Gasteiger partial charge is 0.163 e. The minimum Gasteiger partial charge on any atom is -0.234 e. The lowest BCUT2D eigenvalue weighted by Gasteiger charge is -2.13. The van der Waals surface area contributed by atoms with Gasteiger partial charge >= 0.3 is 0 Å². The Bertz CT molecular complexity index is 208. The third-order valence-corrected chi connectivity index (χ3v) is 1.96. The Morgan fingerprint density at radius 1 is 0.923 bits per heavy atom. The number of nitrogens with zero attached hydrogens (tertiary/aromatic N) is 1. The molecule has 0 atom stereocenters. The van der Waals surface area contributed by atoms with Crippen molar-refractivity contribution in [2.24, 2.45) is 5.41 Å². The van der Waals surface area contributed by atoms with E-state index >= 15 is 0 Å². The van der Waals surface area contributed by atoms with E-state index in [0.717, 1.165) is 0 Å². The van der Waals surface area contributed by atoms with Crippen molar-refractivity contribution in [1.82, 2.24) is 0 Å². The summed E-state index contributed by atoms with van der Waals surface area (Å²) in [6.07, 6.45) is 6.48. The molecular formula is C12H24N+. The molecule has 0 N–H and O–H groups in total. The first kappa shape index (κ1) is 12.4. The topological polar surface area (TPSA) is 3.01 Å². The van der Waals surface area contributed by atoms with Gasteiger partial charge in [-0.15, -0.1) is 0 Å². The highest BCUT2D eigenvalue weighted by Gasteiger charge is 2.18. The summed E-state index contributed by atoms with van der Waals surface area (Å²) in [4.78, 5) is 0. The molecule has 0 rings (SSSR count). The van der Waals surface area contributed by atoms with Crippen molar-refractivity contribution in [3.05, 3.63) is 12.2 Å². The quantitative estimate of drug-likeness (QED) is 0.433. The molecule has 0 saturated carbocycles. The van der Waals surface area contributed by atoms with E-state index in [1.807, 2.05) is 0 Å². The summed E-state index contributed by atoms with van der Waals surface area (Å²) >= 11 is 0. The van der Waals surface area contributed by atoms with Gasteiger partial charge in [-0.1, -0.05) is 26.8 Å². The highest BCUT2D eigenvalue weighted by molar-refractivity contribution is 5.66. The van der Waals surface area contributed by atoms with Crippen LogP contribution in [-0.4, -0.2) is 23.4 Å². The maximum Gasteiger partial charge on any atom is 0.163 e. The average Bonchev–Trinajstić information content (AvgIpc) is 1.82. The monoisotopic (exact) mass is 182 g/mol. The van der Waals surface area contributed by atoms with Crippen LogP contribution < -0.4 is 0 Å². The molecule has 0 spiro atoms. The van der Waals surface area contributed by atoms with Crippen LogP contribution in [0.5, 0.6) is 0 Å². The van der Waals surface area contributed by atoms with Crippen LogP contribution in [0, 0.1) is 5.41 Å². The lowest BCUT2D eigenvalue weighted by atomic mass is 9.96. The van der Waals surface area contributed by atoms with Gasteiger partial charge in [0.25, 0.3) is 0 Å². The molecule has 1 heteroatoms. The zero-order chi connectivity index (χ0) is 10.7. The maximum absolute atomic E-state index is 2.22. The first-order valence-corrected chi connectivity index (χ1v) is 4.88. The lowest BCUT2D eigenvalue weighted by molar-refractivity contribution is -0.565. The Morgan fingerprint density at radius 3 is 1.69 bits per heavy atom. The first-order chi connectivity index (χ1) is 5.63. The predicted octanol–water partition coefficient (Wildman–Crippen LogP) is 3.10. The molecule has 0 aliphatic heterocycles. The van der Waals surface area contributed by atoms with Crippen LogP contribution in [0.3, 0.4) is 0 Å². The molecule has 0 amide bonds. The van der Waals surface area contributed by atoms with Crippen molar-refractivity contribution in [3.8, 4) is 0 Å². The molecule has 0 aromatic heterocycles. The average molecular weight is 182 g/mol. The number of hydrogen-bond donors (Lipinski definition) is 0. The van der Waals surface area contributed by atoms with Gasteiger partial charge in [0.2, 0.25) is 0 Å². The standard InChI is InChI=1S/C12H24N/c1-11(2,3)9-8-10-13(7)12(4,5)6/h8-10H,1-7H3/q+1/b9-8-,13-10?. The molecular weight excluding hydrogens is 158 g/mol. The van der Waals surface area contributed by atoms with Gasteiger partial charge in [0.05, 0.1) is 0 Å².